The van der Waals surface area contributed by atoms with Crippen molar-refractivity contribution in [3.8, 4) is 0 Å². The average molecular weight is 353 g/mol. The van der Waals surface area contributed by atoms with Crippen molar-refractivity contribution in [3.05, 3.63) is 29.7 Å². The third-order valence-electron chi connectivity index (χ3n) is 3.27. The van der Waals surface area contributed by atoms with Gasteiger partial charge in [-0.25, -0.2) is 15.0 Å². The number of nitrogen functional groups attached to an aromatic ring is 1. The first-order valence-corrected chi connectivity index (χ1v) is 7.75. The molecule has 0 radical (unpaired) electrons. The Labute approximate surface area is 146 Å². The van der Waals surface area contributed by atoms with Gasteiger partial charge >= 0.3 is 0 Å². The second kappa shape index (κ2) is 9.21. The Morgan fingerprint density at radius 1 is 1.12 bits per heavy atom. The van der Waals surface area contributed by atoms with Crippen LogP contribution in [0.3, 0.4) is 0 Å². The van der Waals surface area contributed by atoms with Crippen molar-refractivity contribution in [2.45, 2.75) is 0 Å². The molecule has 2 aromatic rings. The SMILES string of the molecule is COCCN(CCOC)c1ncnc(Nc2ccc(Cl)cn2)c1N. The highest BCUT2D eigenvalue weighted by molar-refractivity contribution is 6.30. The number of anilines is 4. The van der Waals surface area contributed by atoms with E-state index in [2.05, 4.69) is 20.3 Å². The van der Waals surface area contributed by atoms with Crippen LogP contribution >= 0.6 is 11.6 Å². The van der Waals surface area contributed by atoms with Crippen LogP contribution in [0.25, 0.3) is 0 Å². The molecular formula is C15H21ClN6O2. The van der Waals surface area contributed by atoms with Crippen molar-refractivity contribution >= 4 is 34.7 Å². The third-order valence-corrected chi connectivity index (χ3v) is 3.49. The first kappa shape index (κ1) is 18.2. The van der Waals surface area contributed by atoms with E-state index in [0.717, 1.165) is 0 Å². The fraction of sp³-hybridized carbons (Fsp3) is 0.400. The maximum atomic E-state index is 6.24. The molecule has 0 amide bonds. The minimum Gasteiger partial charge on any atom is -0.393 e. The Bertz CT molecular complexity index is 632. The van der Waals surface area contributed by atoms with Gasteiger partial charge in [-0.3, -0.25) is 0 Å². The normalized spacial score (nSPS) is 10.6. The van der Waals surface area contributed by atoms with Crippen LogP contribution in [0.2, 0.25) is 5.02 Å². The van der Waals surface area contributed by atoms with Gasteiger partial charge in [0.25, 0.3) is 0 Å². The van der Waals surface area contributed by atoms with Gasteiger partial charge in [-0.05, 0) is 12.1 Å². The number of halogens is 1. The third kappa shape index (κ3) is 4.92. The van der Waals surface area contributed by atoms with Gasteiger partial charge in [-0.2, -0.15) is 0 Å². The van der Waals surface area contributed by atoms with Gasteiger partial charge in [0.15, 0.2) is 11.6 Å². The summed E-state index contributed by atoms with van der Waals surface area (Å²) >= 11 is 5.84. The zero-order chi connectivity index (χ0) is 17.4. The van der Waals surface area contributed by atoms with Gasteiger partial charge in [0.2, 0.25) is 0 Å². The number of pyridine rings is 1. The molecule has 0 spiro atoms. The predicted molar refractivity (Wildman–Crippen MR) is 94.9 cm³/mol. The van der Waals surface area contributed by atoms with E-state index in [-0.39, 0.29) is 0 Å². The molecule has 3 N–H and O–H groups in total. The molecule has 2 aromatic heterocycles. The Hall–Kier alpha value is -2.16. The molecule has 0 aliphatic heterocycles. The molecule has 0 atom stereocenters. The molecule has 0 bridgehead atoms. The number of nitrogens with two attached hydrogens (primary N) is 1. The van der Waals surface area contributed by atoms with E-state index in [4.69, 9.17) is 26.8 Å². The van der Waals surface area contributed by atoms with Crippen LogP contribution in [-0.4, -0.2) is 55.5 Å². The number of hydrogen-bond acceptors (Lipinski definition) is 8. The number of nitrogens with one attached hydrogen (secondary N) is 1. The summed E-state index contributed by atoms with van der Waals surface area (Å²) in [6.07, 6.45) is 3.00. The smallest absolute Gasteiger partial charge is 0.160 e. The summed E-state index contributed by atoms with van der Waals surface area (Å²) in [5, 5.41) is 3.63. The maximum absolute atomic E-state index is 6.24. The van der Waals surface area contributed by atoms with Gasteiger partial charge in [0, 0.05) is 33.5 Å². The summed E-state index contributed by atoms with van der Waals surface area (Å²) in [4.78, 5) is 14.7. The molecular weight excluding hydrogens is 332 g/mol. The van der Waals surface area contributed by atoms with Crippen LogP contribution in [0.15, 0.2) is 24.7 Å². The van der Waals surface area contributed by atoms with Crippen LogP contribution < -0.4 is 16.0 Å². The summed E-state index contributed by atoms with van der Waals surface area (Å²) < 4.78 is 10.3. The number of rotatable bonds is 9. The second-order valence-corrected chi connectivity index (χ2v) is 5.36. The number of methoxy groups -OCH3 is 2. The van der Waals surface area contributed by atoms with E-state index >= 15 is 0 Å². The lowest BCUT2D eigenvalue weighted by atomic mass is 10.3. The molecule has 0 saturated carbocycles. The maximum Gasteiger partial charge on any atom is 0.160 e. The highest BCUT2D eigenvalue weighted by atomic mass is 35.5. The Morgan fingerprint density at radius 2 is 1.83 bits per heavy atom. The highest BCUT2D eigenvalue weighted by Crippen LogP contribution is 2.28. The van der Waals surface area contributed by atoms with Crippen LogP contribution in [0, 0.1) is 0 Å². The minimum absolute atomic E-state index is 0.432. The molecule has 9 heteroatoms. The first-order chi connectivity index (χ1) is 11.7. The molecule has 8 nitrogen and oxygen atoms in total. The quantitative estimate of drug-likeness (QED) is 0.706. The molecule has 0 aliphatic carbocycles. The van der Waals surface area contributed by atoms with Crippen molar-refractivity contribution < 1.29 is 9.47 Å². The van der Waals surface area contributed by atoms with Gasteiger partial charge in [0.1, 0.15) is 17.8 Å². The Balaban J connectivity index is 2.22. The molecule has 2 heterocycles. The van der Waals surface area contributed by atoms with Crippen LogP contribution in [0.5, 0.6) is 0 Å². The van der Waals surface area contributed by atoms with E-state index in [1.54, 1.807) is 32.5 Å². The van der Waals surface area contributed by atoms with E-state index in [1.165, 1.54) is 6.33 Å². The fourth-order valence-corrected chi connectivity index (χ4v) is 2.15. The first-order valence-electron chi connectivity index (χ1n) is 7.37. The van der Waals surface area contributed by atoms with E-state index in [1.807, 2.05) is 4.90 Å². The number of aromatic nitrogens is 3. The minimum atomic E-state index is 0.432. The van der Waals surface area contributed by atoms with E-state index in [9.17, 15) is 0 Å². The van der Waals surface area contributed by atoms with Crippen molar-refractivity contribution in [1.29, 1.82) is 0 Å². The molecule has 24 heavy (non-hydrogen) atoms. The van der Waals surface area contributed by atoms with E-state index < -0.39 is 0 Å². The largest absolute Gasteiger partial charge is 0.393 e. The fourth-order valence-electron chi connectivity index (χ4n) is 2.04. The molecule has 0 saturated heterocycles. The Morgan fingerprint density at radius 3 is 2.42 bits per heavy atom. The lowest BCUT2D eigenvalue weighted by molar-refractivity contribution is 0.190. The van der Waals surface area contributed by atoms with Gasteiger partial charge in [-0.1, -0.05) is 11.6 Å². The van der Waals surface area contributed by atoms with Crippen molar-refractivity contribution in [1.82, 2.24) is 15.0 Å². The summed E-state index contributed by atoms with van der Waals surface area (Å²) in [7, 11) is 3.30. The zero-order valence-electron chi connectivity index (χ0n) is 13.7. The lowest BCUT2D eigenvalue weighted by Gasteiger charge is -2.24. The van der Waals surface area contributed by atoms with Crippen molar-refractivity contribution in [2.24, 2.45) is 0 Å². The molecule has 0 fully saturated rings. The average Bonchev–Trinajstić information content (AvgIpc) is 2.59. The monoisotopic (exact) mass is 352 g/mol. The number of nitrogens with zero attached hydrogens (tertiary/aromatic N) is 4. The molecule has 2 rings (SSSR count). The van der Waals surface area contributed by atoms with Gasteiger partial charge in [0.05, 0.1) is 18.2 Å². The van der Waals surface area contributed by atoms with Crippen LogP contribution in [0.1, 0.15) is 0 Å². The van der Waals surface area contributed by atoms with E-state index in [0.29, 0.717) is 54.5 Å². The lowest BCUT2D eigenvalue weighted by Crippen LogP contribution is -2.32. The standard InChI is InChI=1S/C15H21ClN6O2/c1-23-7-5-22(6-8-24-2)15-13(17)14(19-10-20-15)21-12-4-3-11(16)9-18-12/h3-4,9-10H,5-8,17H2,1-2H3,(H,18,19,20,21). The molecule has 130 valence electrons. The molecule has 0 aliphatic rings. The number of ether oxygens (including phenoxy) is 2. The Kier molecular flexibility index (Phi) is 6.98. The molecule has 0 unspecified atom stereocenters. The molecule has 0 aromatic carbocycles. The predicted octanol–water partition coefficient (Wildman–Crippen LogP) is 1.95. The highest BCUT2D eigenvalue weighted by Gasteiger charge is 2.15. The second-order valence-electron chi connectivity index (χ2n) is 4.92. The van der Waals surface area contributed by atoms with Crippen molar-refractivity contribution in [3.63, 3.8) is 0 Å². The number of hydrogen-bond donors (Lipinski definition) is 2. The summed E-state index contributed by atoms with van der Waals surface area (Å²) in [5.41, 5.74) is 6.67. The summed E-state index contributed by atoms with van der Waals surface area (Å²) in [6.45, 7) is 2.38. The van der Waals surface area contributed by atoms with Crippen molar-refractivity contribution in [2.75, 3.05) is 56.5 Å². The summed E-state index contributed by atoms with van der Waals surface area (Å²) in [6, 6.07) is 3.48. The zero-order valence-corrected chi connectivity index (χ0v) is 14.5. The van der Waals surface area contributed by atoms with Crippen LogP contribution in [0.4, 0.5) is 23.1 Å². The van der Waals surface area contributed by atoms with Crippen LogP contribution in [-0.2, 0) is 9.47 Å². The topological polar surface area (TPSA) is 98.4 Å². The summed E-state index contributed by atoms with van der Waals surface area (Å²) in [5.74, 6) is 1.70. The van der Waals surface area contributed by atoms with Gasteiger partial charge < -0.3 is 25.4 Å². The van der Waals surface area contributed by atoms with Gasteiger partial charge in [-0.15, -0.1) is 0 Å².